The second-order valence-electron chi connectivity index (χ2n) is 4.71. The van der Waals surface area contributed by atoms with Crippen LogP contribution in [0.4, 0.5) is 0 Å². The van der Waals surface area contributed by atoms with E-state index in [2.05, 4.69) is 5.32 Å². The highest BCUT2D eigenvalue weighted by molar-refractivity contribution is 5.77. The molecular formula is C14H20N2O4. The van der Waals surface area contributed by atoms with Crippen LogP contribution in [0, 0.1) is 0 Å². The molecule has 0 bridgehead atoms. The molecule has 0 radical (unpaired) electrons. The zero-order valence-corrected chi connectivity index (χ0v) is 11.9. The van der Waals surface area contributed by atoms with Crippen LogP contribution < -0.4 is 25.3 Å². The Morgan fingerprint density at radius 3 is 2.25 bits per heavy atom. The summed E-state index contributed by atoms with van der Waals surface area (Å²) in [6, 6.07) is 3.26. The molecule has 1 aliphatic heterocycles. The van der Waals surface area contributed by atoms with E-state index in [1.165, 1.54) is 0 Å². The molecule has 1 fully saturated rings. The Kier molecular flexibility index (Phi) is 4.34. The van der Waals surface area contributed by atoms with Crippen LogP contribution in [0.2, 0.25) is 0 Å². The third-order valence-electron chi connectivity index (χ3n) is 3.50. The van der Waals surface area contributed by atoms with E-state index in [9.17, 15) is 4.79 Å². The van der Waals surface area contributed by atoms with Crippen LogP contribution in [0.5, 0.6) is 17.2 Å². The summed E-state index contributed by atoms with van der Waals surface area (Å²) >= 11 is 0. The van der Waals surface area contributed by atoms with E-state index in [0.717, 1.165) is 5.56 Å². The lowest BCUT2D eigenvalue weighted by Crippen LogP contribution is -2.45. The van der Waals surface area contributed by atoms with Crippen LogP contribution in [0.25, 0.3) is 0 Å². The van der Waals surface area contributed by atoms with E-state index >= 15 is 0 Å². The highest BCUT2D eigenvalue weighted by atomic mass is 16.5. The van der Waals surface area contributed by atoms with Crippen molar-refractivity contribution in [1.29, 1.82) is 0 Å². The van der Waals surface area contributed by atoms with E-state index in [0.29, 0.717) is 30.1 Å². The molecule has 1 heterocycles. The first kappa shape index (κ1) is 14.5. The van der Waals surface area contributed by atoms with Crippen molar-refractivity contribution in [2.45, 2.75) is 24.9 Å². The number of carbonyl (C=O) groups excluding carboxylic acids is 1. The molecule has 20 heavy (non-hydrogen) atoms. The van der Waals surface area contributed by atoms with Gasteiger partial charge in [-0.05, 0) is 24.1 Å². The normalized spacial score (nSPS) is 22.1. The topological polar surface area (TPSA) is 82.8 Å². The zero-order chi connectivity index (χ0) is 14.7. The fraction of sp³-hybridized carbons (Fsp3) is 0.500. The smallest absolute Gasteiger partial charge is 0.220 e. The van der Waals surface area contributed by atoms with Crippen molar-refractivity contribution in [2.24, 2.45) is 5.73 Å². The SMILES string of the molecule is COc1cc(C2NC(=O)CCC2N)cc(OC)c1OC. The predicted molar refractivity (Wildman–Crippen MR) is 74.2 cm³/mol. The van der Waals surface area contributed by atoms with Gasteiger partial charge in [0.05, 0.1) is 27.4 Å². The zero-order valence-electron chi connectivity index (χ0n) is 11.9. The van der Waals surface area contributed by atoms with Crippen molar-refractivity contribution in [3.05, 3.63) is 17.7 Å². The van der Waals surface area contributed by atoms with E-state index in [1.54, 1.807) is 21.3 Å². The minimum Gasteiger partial charge on any atom is -0.493 e. The minimum atomic E-state index is -0.245. The molecule has 1 saturated heterocycles. The van der Waals surface area contributed by atoms with Gasteiger partial charge in [0, 0.05) is 12.5 Å². The Morgan fingerprint density at radius 2 is 1.75 bits per heavy atom. The highest BCUT2D eigenvalue weighted by Crippen LogP contribution is 2.40. The molecule has 1 aromatic carbocycles. The van der Waals surface area contributed by atoms with Gasteiger partial charge >= 0.3 is 0 Å². The fourth-order valence-corrected chi connectivity index (χ4v) is 2.43. The lowest BCUT2D eigenvalue weighted by molar-refractivity contribution is -0.123. The number of ether oxygens (including phenoxy) is 3. The first-order valence-electron chi connectivity index (χ1n) is 6.45. The Labute approximate surface area is 118 Å². The van der Waals surface area contributed by atoms with E-state index in [4.69, 9.17) is 19.9 Å². The number of nitrogens with one attached hydrogen (secondary N) is 1. The maximum Gasteiger partial charge on any atom is 0.220 e. The number of methoxy groups -OCH3 is 3. The summed E-state index contributed by atoms with van der Waals surface area (Å²) in [6.07, 6.45) is 1.12. The third-order valence-corrected chi connectivity index (χ3v) is 3.50. The van der Waals surface area contributed by atoms with Gasteiger partial charge < -0.3 is 25.3 Å². The summed E-state index contributed by atoms with van der Waals surface area (Å²) in [4.78, 5) is 11.6. The number of amides is 1. The highest BCUT2D eigenvalue weighted by Gasteiger charge is 2.29. The van der Waals surface area contributed by atoms with Gasteiger partial charge in [-0.25, -0.2) is 0 Å². The fourth-order valence-electron chi connectivity index (χ4n) is 2.43. The third kappa shape index (κ3) is 2.65. The second-order valence-corrected chi connectivity index (χ2v) is 4.71. The van der Waals surface area contributed by atoms with Crippen LogP contribution in [0.1, 0.15) is 24.4 Å². The van der Waals surface area contributed by atoms with Crippen molar-refractivity contribution < 1.29 is 19.0 Å². The van der Waals surface area contributed by atoms with Crippen LogP contribution in [-0.4, -0.2) is 33.3 Å². The lowest BCUT2D eigenvalue weighted by Gasteiger charge is -2.30. The minimum absolute atomic E-state index is 0.00505. The standard InChI is InChI=1S/C14H20N2O4/c1-18-10-6-8(7-11(19-2)14(10)20-3)13-9(15)4-5-12(17)16-13/h6-7,9,13H,4-5,15H2,1-3H3,(H,16,17). The molecule has 110 valence electrons. The summed E-state index contributed by atoms with van der Waals surface area (Å²) < 4.78 is 15.9. The monoisotopic (exact) mass is 280 g/mol. The molecule has 1 aliphatic rings. The van der Waals surface area contributed by atoms with Gasteiger partial charge in [0.1, 0.15) is 0 Å². The lowest BCUT2D eigenvalue weighted by atomic mass is 9.92. The number of benzene rings is 1. The number of hydrogen-bond donors (Lipinski definition) is 2. The summed E-state index contributed by atoms with van der Waals surface area (Å²) in [7, 11) is 4.66. The molecular weight excluding hydrogens is 260 g/mol. The largest absolute Gasteiger partial charge is 0.493 e. The molecule has 6 heteroatoms. The molecule has 3 N–H and O–H groups in total. The number of nitrogens with two attached hydrogens (primary N) is 1. The number of piperidine rings is 1. The summed E-state index contributed by atoms with van der Waals surface area (Å²) in [6.45, 7) is 0. The maximum atomic E-state index is 11.6. The van der Waals surface area contributed by atoms with Gasteiger partial charge in [0.15, 0.2) is 11.5 Å². The van der Waals surface area contributed by atoms with Crippen molar-refractivity contribution >= 4 is 5.91 Å². The van der Waals surface area contributed by atoms with Crippen molar-refractivity contribution in [2.75, 3.05) is 21.3 Å². The van der Waals surface area contributed by atoms with Crippen LogP contribution >= 0.6 is 0 Å². The molecule has 1 amide bonds. The Bertz CT molecular complexity index is 479. The summed E-state index contributed by atoms with van der Waals surface area (Å²) in [5, 5.41) is 2.91. The van der Waals surface area contributed by atoms with Crippen molar-refractivity contribution in [3.8, 4) is 17.2 Å². The summed E-state index contributed by atoms with van der Waals surface area (Å²) in [5.74, 6) is 1.63. The molecule has 2 unspecified atom stereocenters. The van der Waals surface area contributed by atoms with Crippen LogP contribution in [-0.2, 0) is 4.79 Å². The average Bonchev–Trinajstić information content (AvgIpc) is 2.48. The van der Waals surface area contributed by atoms with E-state index < -0.39 is 0 Å². The predicted octanol–water partition coefficient (Wildman–Crippen LogP) is 0.991. The molecule has 6 nitrogen and oxygen atoms in total. The number of hydrogen-bond acceptors (Lipinski definition) is 5. The van der Waals surface area contributed by atoms with Crippen LogP contribution in [0.15, 0.2) is 12.1 Å². The van der Waals surface area contributed by atoms with Gasteiger partial charge in [-0.2, -0.15) is 0 Å². The number of rotatable bonds is 4. The van der Waals surface area contributed by atoms with E-state index in [-0.39, 0.29) is 18.0 Å². The van der Waals surface area contributed by atoms with Gasteiger partial charge in [0.25, 0.3) is 0 Å². The van der Waals surface area contributed by atoms with Gasteiger partial charge in [-0.1, -0.05) is 0 Å². The quantitative estimate of drug-likeness (QED) is 0.859. The molecule has 1 aromatic rings. The van der Waals surface area contributed by atoms with Crippen LogP contribution in [0.3, 0.4) is 0 Å². The van der Waals surface area contributed by atoms with Crippen molar-refractivity contribution in [3.63, 3.8) is 0 Å². The molecule has 0 aromatic heterocycles. The second kappa shape index (κ2) is 6.00. The Balaban J connectivity index is 2.43. The Morgan fingerprint density at radius 1 is 1.15 bits per heavy atom. The number of carbonyl (C=O) groups is 1. The first-order chi connectivity index (χ1) is 9.60. The molecule has 2 atom stereocenters. The van der Waals surface area contributed by atoms with Gasteiger partial charge in [-0.3, -0.25) is 4.79 Å². The van der Waals surface area contributed by atoms with Crippen molar-refractivity contribution in [1.82, 2.24) is 5.32 Å². The molecule has 0 saturated carbocycles. The molecule has 2 rings (SSSR count). The molecule has 0 spiro atoms. The summed E-state index contributed by atoms with van der Waals surface area (Å²) in [5.41, 5.74) is 6.95. The van der Waals surface area contributed by atoms with Gasteiger partial charge in [-0.15, -0.1) is 0 Å². The van der Waals surface area contributed by atoms with E-state index in [1.807, 2.05) is 12.1 Å². The molecule has 0 aliphatic carbocycles. The average molecular weight is 280 g/mol. The maximum absolute atomic E-state index is 11.6. The van der Waals surface area contributed by atoms with Gasteiger partial charge in [0.2, 0.25) is 11.7 Å². The first-order valence-corrected chi connectivity index (χ1v) is 6.45. The Hall–Kier alpha value is -1.95.